The van der Waals surface area contributed by atoms with Crippen LogP contribution in [0.4, 0.5) is 0 Å². The first kappa shape index (κ1) is 11.1. The number of aromatic nitrogens is 2. The second kappa shape index (κ2) is 4.61. The maximum Gasteiger partial charge on any atom is 0.166 e. The molecule has 0 radical (unpaired) electrons. The molecule has 0 bridgehead atoms. The lowest BCUT2D eigenvalue weighted by molar-refractivity contribution is 1.07. The minimum Gasteiger partial charge on any atom is -0.333 e. The van der Waals surface area contributed by atoms with Crippen LogP contribution in [0.1, 0.15) is 0 Å². The molecule has 0 aliphatic carbocycles. The molecule has 0 amide bonds. The molecule has 1 aromatic heterocycles. The number of nitrogens with zero attached hydrogens (tertiary/aromatic N) is 1. The van der Waals surface area contributed by atoms with Crippen molar-refractivity contribution in [1.29, 1.82) is 0 Å². The van der Waals surface area contributed by atoms with E-state index in [1.807, 2.05) is 0 Å². The summed E-state index contributed by atoms with van der Waals surface area (Å²) in [6.07, 6.45) is 0. The maximum absolute atomic E-state index is 5.89. The predicted molar refractivity (Wildman–Crippen MR) is 65.9 cm³/mol. The summed E-state index contributed by atoms with van der Waals surface area (Å²) in [4.78, 5) is 7.51. The number of H-pyrrole nitrogens is 1. The van der Waals surface area contributed by atoms with Gasteiger partial charge in [-0.3, -0.25) is 0 Å². The van der Waals surface area contributed by atoms with Crippen LogP contribution in [0.15, 0.2) is 17.3 Å². The highest BCUT2D eigenvalue weighted by molar-refractivity contribution is 7.99. The zero-order valence-electron chi connectivity index (χ0n) is 7.76. The molecule has 3 N–H and O–H groups in total. The van der Waals surface area contributed by atoms with Crippen LogP contribution in [0.5, 0.6) is 0 Å². The van der Waals surface area contributed by atoms with Crippen molar-refractivity contribution >= 4 is 46.0 Å². The lowest BCUT2D eigenvalue weighted by atomic mass is 10.3. The minimum atomic E-state index is 0.519. The van der Waals surface area contributed by atoms with Crippen LogP contribution < -0.4 is 5.73 Å². The molecule has 3 nitrogen and oxygen atoms in total. The van der Waals surface area contributed by atoms with E-state index in [-0.39, 0.29) is 0 Å². The third kappa shape index (κ3) is 2.39. The number of imidazole rings is 1. The second-order valence-corrected chi connectivity index (χ2v) is 4.86. The van der Waals surface area contributed by atoms with Gasteiger partial charge in [-0.05, 0) is 12.1 Å². The van der Waals surface area contributed by atoms with Crippen molar-refractivity contribution in [2.75, 3.05) is 12.3 Å². The highest BCUT2D eigenvalue weighted by Gasteiger charge is 2.06. The van der Waals surface area contributed by atoms with Gasteiger partial charge in [-0.15, -0.1) is 0 Å². The van der Waals surface area contributed by atoms with E-state index in [0.717, 1.165) is 21.9 Å². The molecular formula is C9H9Cl2N3S. The molecular weight excluding hydrogens is 253 g/mol. The average Bonchev–Trinajstić information content (AvgIpc) is 2.58. The summed E-state index contributed by atoms with van der Waals surface area (Å²) in [5.74, 6) is 0.835. The summed E-state index contributed by atoms with van der Waals surface area (Å²) < 4.78 is 0. The van der Waals surface area contributed by atoms with Gasteiger partial charge in [-0.2, -0.15) is 0 Å². The van der Waals surface area contributed by atoms with E-state index in [0.29, 0.717) is 16.6 Å². The molecule has 0 aliphatic heterocycles. The largest absolute Gasteiger partial charge is 0.333 e. The second-order valence-electron chi connectivity index (χ2n) is 2.96. The first-order valence-electron chi connectivity index (χ1n) is 4.38. The van der Waals surface area contributed by atoms with Crippen LogP contribution in [-0.4, -0.2) is 22.3 Å². The average molecular weight is 262 g/mol. The van der Waals surface area contributed by atoms with E-state index >= 15 is 0 Å². The number of hydrogen-bond donors (Lipinski definition) is 2. The fourth-order valence-corrected chi connectivity index (χ4v) is 2.18. The number of nitrogens with two attached hydrogens (primary N) is 1. The van der Waals surface area contributed by atoms with Gasteiger partial charge in [0.1, 0.15) is 0 Å². The molecule has 80 valence electrons. The minimum absolute atomic E-state index is 0.519. The molecule has 0 fully saturated rings. The SMILES string of the molecule is NCCSc1nc2cc(Cl)c(Cl)cc2[nH]1. The summed E-state index contributed by atoms with van der Waals surface area (Å²) in [6.45, 7) is 0.628. The Kier molecular flexibility index (Phi) is 3.41. The van der Waals surface area contributed by atoms with E-state index in [9.17, 15) is 0 Å². The van der Waals surface area contributed by atoms with E-state index < -0.39 is 0 Å². The third-order valence-corrected chi connectivity index (χ3v) is 3.49. The van der Waals surface area contributed by atoms with Crippen molar-refractivity contribution in [3.8, 4) is 0 Å². The van der Waals surface area contributed by atoms with Crippen molar-refractivity contribution in [1.82, 2.24) is 9.97 Å². The monoisotopic (exact) mass is 261 g/mol. The Hall–Kier alpha value is -0.420. The Morgan fingerprint density at radius 1 is 1.33 bits per heavy atom. The molecule has 2 rings (SSSR count). The first-order chi connectivity index (χ1) is 7.20. The summed E-state index contributed by atoms with van der Waals surface area (Å²) in [5.41, 5.74) is 7.13. The van der Waals surface area contributed by atoms with Gasteiger partial charge in [-0.25, -0.2) is 4.98 Å². The summed E-state index contributed by atoms with van der Waals surface area (Å²) in [5, 5.41) is 1.89. The molecule has 1 heterocycles. The number of rotatable bonds is 3. The lowest BCUT2D eigenvalue weighted by Crippen LogP contribution is -2.01. The smallest absolute Gasteiger partial charge is 0.166 e. The van der Waals surface area contributed by atoms with Crippen LogP contribution in [0.2, 0.25) is 10.0 Å². The number of nitrogens with one attached hydrogen (secondary N) is 1. The van der Waals surface area contributed by atoms with E-state index in [1.54, 1.807) is 23.9 Å². The Balaban J connectivity index is 2.38. The van der Waals surface area contributed by atoms with E-state index in [1.165, 1.54) is 0 Å². The van der Waals surface area contributed by atoms with Crippen molar-refractivity contribution in [2.24, 2.45) is 5.73 Å². The van der Waals surface area contributed by atoms with E-state index in [4.69, 9.17) is 28.9 Å². The predicted octanol–water partition coefficient (Wildman–Crippen LogP) is 2.92. The summed E-state index contributed by atoms with van der Waals surface area (Å²) >= 11 is 13.4. The van der Waals surface area contributed by atoms with Crippen molar-refractivity contribution in [3.63, 3.8) is 0 Å². The third-order valence-electron chi connectivity index (χ3n) is 1.86. The quantitative estimate of drug-likeness (QED) is 0.836. The number of hydrogen-bond acceptors (Lipinski definition) is 3. The summed E-state index contributed by atoms with van der Waals surface area (Å²) in [6, 6.07) is 3.53. The Morgan fingerprint density at radius 2 is 2.07 bits per heavy atom. The normalized spacial score (nSPS) is 11.1. The number of thioether (sulfide) groups is 1. The summed E-state index contributed by atoms with van der Waals surface area (Å²) in [7, 11) is 0. The number of benzene rings is 1. The molecule has 0 unspecified atom stereocenters. The molecule has 1 aromatic carbocycles. The Morgan fingerprint density at radius 3 is 2.80 bits per heavy atom. The van der Waals surface area contributed by atoms with Crippen molar-refractivity contribution in [2.45, 2.75) is 5.16 Å². The zero-order valence-corrected chi connectivity index (χ0v) is 10.1. The van der Waals surface area contributed by atoms with Gasteiger partial charge in [0.15, 0.2) is 5.16 Å². The highest BCUT2D eigenvalue weighted by atomic mass is 35.5. The Bertz CT molecular complexity index is 444. The number of aromatic amines is 1. The molecule has 2 aromatic rings. The van der Waals surface area contributed by atoms with Gasteiger partial charge in [-0.1, -0.05) is 35.0 Å². The number of halogens is 2. The molecule has 0 saturated heterocycles. The van der Waals surface area contributed by atoms with Gasteiger partial charge in [0.25, 0.3) is 0 Å². The maximum atomic E-state index is 5.89. The lowest BCUT2D eigenvalue weighted by Gasteiger charge is -1.93. The molecule has 0 aliphatic rings. The molecule has 0 atom stereocenters. The van der Waals surface area contributed by atoms with Gasteiger partial charge >= 0.3 is 0 Å². The fourth-order valence-electron chi connectivity index (χ4n) is 1.21. The van der Waals surface area contributed by atoms with Gasteiger partial charge in [0, 0.05) is 12.3 Å². The van der Waals surface area contributed by atoms with E-state index in [2.05, 4.69) is 9.97 Å². The van der Waals surface area contributed by atoms with Gasteiger partial charge in [0.2, 0.25) is 0 Å². The van der Waals surface area contributed by atoms with Crippen LogP contribution in [0, 0.1) is 0 Å². The molecule has 6 heteroatoms. The molecule has 15 heavy (non-hydrogen) atoms. The zero-order chi connectivity index (χ0) is 10.8. The fraction of sp³-hybridized carbons (Fsp3) is 0.222. The first-order valence-corrected chi connectivity index (χ1v) is 6.12. The molecule has 0 saturated carbocycles. The van der Waals surface area contributed by atoms with Crippen LogP contribution in [-0.2, 0) is 0 Å². The van der Waals surface area contributed by atoms with Crippen LogP contribution >= 0.6 is 35.0 Å². The standard InChI is InChI=1S/C9H9Cl2N3S/c10-5-3-7-8(4-6(5)11)14-9(13-7)15-2-1-12/h3-4H,1-2,12H2,(H,13,14). The van der Waals surface area contributed by atoms with Crippen LogP contribution in [0.25, 0.3) is 11.0 Å². The van der Waals surface area contributed by atoms with Gasteiger partial charge in [0.05, 0.1) is 21.1 Å². The van der Waals surface area contributed by atoms with Crippen molar-refractivity contribution in [3.05, 3.63) is 22.2 Å². The number of fused-ring (bicyclic) bond motifs is 1. The highest BCUT2D eigenvalue weighted by Crippen LogP contribution is 2.28. The van der Waals surface area contributed by atoms with Crippen LogP contribution in [0.3, 0.4) is 0 Å². The van der Waals surface area contributed by atoms with Gasteiger partial charge < -0.3 is 10.7 Å². The Labute approximate surface area is 101 Å². The van der Waals surface area contributed by atoms with Crippen molar-refractivity contribution < 1.29 is 0 Å². The topological polar surface area (TPSA) is 54.7 Å². The molecule has 0 spiro atoms.